The number of amides is 1. The van der Waals surface area contributed by atoms with Gasteiger partial charge in [0.15, 0.2) is 0 Å². The van der Waals surface area contributed by atoms with Crippen LogP contribution in [0.15, 0.2) is 30.3 Å². The summed E-state index contributed by atoms with van der Waals surface area (Å²) < 4.78 is 0. The molecule has 0 saturated carbocycles. The SMILES string of the molecule is CC(C)c1nc(NC(=O)[C@@H](C)n2nnc(-c3ccccc3)n2)n[nH]1. The summed E-state index contributed by atoms with van der Waals surface area (Å²) in [6, 6.07) is 8.81. The van der Waals surface area contributed by atoms with Crippen molar-refractivity contribution < 1.29 is 4.79 Å². The van der Waals surface area contributed by atoms with Crippen molar-refractivity contribution in [3.8, 4) is 11.4 Å². The Labute approximate surface area is 138 Å². The minimum Gasteiger partial charge on any atom is -0.291 e. The molecule has 0 saturated heterocycles. The summed E-state index contributed by atoms with van der Waals surface area (Å²) in [7, 11) is 0. The van der Waals surface area contributed by atoms with E-state index >= 15 is 0 Å². The van der Waals surface area contributed by atoms with E-state index in [-0.39, 0.29) is 17.8 Å². The van der Waals surface area contributed by atoms with Crippen LogP contribution in [0.1, 0.15) is 38.6 Å². The fourth-order valence-electron chi connectivity index (χ4n) is 2.00. The number of anilines is 1. The largest absolute Gasteiger partial charge is 0.291 e. The highest BCUT2D eigenvalue weighted by Crippen LogP contribution is 2.15. The molecule has 0 aliphatic rings. The minimum absolute atomic E-state index is 0.200. The van der Waals surface area contributed by atoms with Crippen molar-refractivity contribution >= 4 is 11.9 Å². The lowest BCUT2D eigenvalue weighted by Gasteiger charge is -2.08. The molecular formula is C15H18N8O. The zero-order valence-electron chi connectivity index (χ0n) is 13.6. The molecule has 0 spiro atoms. The van der Waals surface area contributed by atoms with Crippen LogP contribution in [0.25, 0.3) is 11.4 Å². The molecule has 0 aliphatic heterocycles. The third kappa shape index (κ3) is 3.29. The van der Waals surface area contributed by atoms with E-state index in [0.29, 0.717) is 11.6 Å². The smallest absolute Gasteiger partial charge is 0.253 e. The maximum atomic E-state index is 12.3. The lowest BCUT2D eigenvalue weighted by molar-refractivity contribution is -0.119. The van der Waals surface area contributed by atoms with Gasteiger partial charge in [0.2, 0.25) is 11.8 Å². The number of hydrogen-bond donors (Lipinski definition) is 2. The van der Waals surface area contributed by atoms with Gasteiger partial charge >= 0.3 is 0 Å². The molecule has 24 heavy (non-hydrogen) atoms. The average molecular weight is 326 g/mol. The number of carbonyl (C=O) groups is 1. The second-order valence-electron chi connectivity index (χ2n) is 5.66. The van der Waals surface area contributed by atoms with Gasteiger partial charge in [-0.2, -0.15) is 9.78 Å². The number of rotatable bonds is 5. The molecule has 2 N–H and O–H groups in total. The highest BCUT2D eigenvalue weighted by Gasteiger charge is 2.20. The molecule has 0 radical (unpaired) electrons. The Morgan fingerprint density at radius 1 is 1.21 bits per heavy atom. The van der Waals surface area contributed by atoms with Crippen LogP contribution in [0, 0.1) is 0 Å². The van der Waals surface area contributed by atoms with Gasteiger partial charge in [-0.3, -0.25) is 15.2 Å². The quantitative estimate of drug-likeness (QED) is 0.738. The van der Waals surface area contributed by atoms with Crippen LogP contribution in [0.4, 0.5) is 5.95 Å². The molecule has 124 valence electrons. The number of H-pyrrole nitrogens is 1. The van der Waals surface area contributed by atoms with Crippen LogP contribution in [0.2, 0.25) is 0 Å². The van der Waals surface area contributed by atoms with Crippen molar-refractivity contribution in [2.24, 2.45) is 0 Å². The van der Waals surface area contributed by atoms with E-state index in [1.54, 1.807) is 6.92 Å². The van der Waals surface area contributed by atoms with Gasteiger partial charge in [0.05, 0.1) is 0 Å². The van der Waals surface area contributed by atoms with Crippen LogP contribution in [0.3, 0.4) is 0 Å². The topological polar surface area (TPSA) is 114 Å². The molecule has 0 fully saturated rings. The zero-order chi connectivity index (χ0) is 17.1. The minimum atomic E-state index is -0.643. The summed E-state index contributed by atoms with van der Waals surface area (Å²) in [5, 5.41) is 21.6. The van der Waals surface area contributed by atoms with E-state index in [0.717, 1.165) is 5.56 Å². The Morgan fingerprint density at radius 2 is 1.96 bits per heavy atom. The summed E-state index contributed by atoms with van der Waals surface area (Å²) in [6.45, 7) is 5.65. The molecular weight excluding hydrogens is 308 g/mol. The number of aromatic nitrogens is 7. The molecule has 0 unspecified atom stereocenters. The standard InChI is InChI=1S/C15H18N8O/c1-9(2)12-16-15(20-18-12)17-14(24)10(3)23-21-13(19-22-23)11-7-5-4-6-8-11/h4-10H,1-3H3,(H2,16,17,18,20,24)/t10-/m1/s1. The number of benzene rings is 1. The number of nitrogens with one attached hydrogen (secondary N) is 2. The van der Waals surface area contributed by atoms with E-state index in [2.05, 4.69) is 35.9 Å². The van der Waals surface area contributed by atoms with Gasteiger partial charge in [0.25, 0.3) is 5.91 Å². The zero-order valence-corrected chi connectivity index (χ0v) is 13.6. The highest BCUT2D eigenvalue weighted by molar-refractivity contribution is 5.91. The Morgan fingerprint density at radius 3 is 2.62 bits per heavy atom. The van der Waals surface area contributed by atoms with Crippen molar-refractivity contribution in [1.82, 2.24) is 35.4 Å². The third-order valence-corrected chi connectivity index (χ3v) is 3.47. The fourth-order valence-corrected chi connectivity index (χ4v) is 2.00. The number of aromatic amines is 1. The van der Waals surface area contributed by atoms with Gasteiger partial charge in [-0.15, -0.1) is 15.3 Å². The maximum Gasteiger partial charge on any atom is 0.253 e. The molecule has 1 aromatic carbocycles. The van der Waals surface area contributed by atoms with Crippen LogP contribution in [-0.2, 0) is 4.79 Å². The van der Waals surface area contributed by atoms with Gasteiger partial charge in [-0.25, -0.2) is 0 Å². The summed E-state index contributed by atoms with van der Waals surface area (Å²) in [4.78, 5) is 17.8. The lowest BCUT2D eigenvalue weighted by Crippen LogP contribution is -2.26. The third-order valence-electron chi connectivity index (χ3n) is 3.47. The molecule has 3 rings (SSSR count). The van der Waals surface area contributed by atoms with E-state index in [4.69, 9.17) is 0 Å². The van der Waals surface area contributed by atoms with Crippen LogP contribution in [0.5, 0.6) is 0 Å². The monoisotopic (exact) mass is 326 g/mol. The second-order valence-corrected chi connectivity index (χ2v) is 5.66. The Kier molecular flexibility index (Phi) is 4.32. The predicted octanol–water partition coefficient (Wildman–Crippen LogP) is 1.78. The molecule has 2 aromatic heterocycles. The van der Waals surface area contributed by atoms with Crippen molar-refractivity contribution in [2.45, 2.75) is 32.7 Å². The van der Waals surface area contributed by atoms with Crippen molar-refractivity contribution in [3.63, 3.8) is 0 Å². The van der Waals surface area contributed by atoms with E-state index in [1.165, 1.54) is 4.80 Å². The van der Waals surface area contributed by atoms with E-state index in [1.807, 2.05) is 44.2 Å². The molecule has 2 heterocycles. The van der Waals surface area contributed by atoms with Crippen molar-refractivity contribution in [2.75, 3.05) is 5.32 Å². The second kappa shape index (κ2) is 6.57. The van der Waals surface area contributed by atoms with Gasteiger partial charge in [-0.1, -0.05) is 44.2 Å². The first-order valence-electron chi connectivity index (χ1n) is 7.62. The summed E-state index contributed by atoms with van der Waals surface area (Å²) in [6.07, 6.45) is 0. The Hall–Kier alpha value is -3.10. The highest BCUT2D eigenvalue weighted by atomic mass is 16.2. The molecule has 0 aliphatic carbocycles. The van der Waals surface area contributed by atoms with Crippen LogP contribution in [-0.4, -0.2) is 41.3 Å². The van der Waals surface area contributed by atoms with Crippen LogP contribution >= 0.6 is 0 Å². The summed E-state index contributed by atoms with van der Waals surface area (Å²) in [5.74, 6) is 1.30. The number of tetrazole rings is 1. The first kappa shape index (κ1) is 15.8. The first-order chi connectivity index (χ1) is 11.5. The Balaban J connectivity index is 1.70. The number of nitrogens with zero attached hydrogens (tertiary/aromatic N) is 6. The summed E-state index contributed by atoms with van der Waals surface area (Å²) in [5.41, 5.74) is 0.840. The summed E-state index contributed by atoms with van der Waals surface area (Å²) >= 11 is 0. The van der Waals surface area contributed by atoms with E-state index in [9.17, 15) is 4.79 Å². The van der Waals surface area contributed by atoms with E-state index < -0.39 is 6.04 Å². The predicted molar refractivity (Wildman–Crippen MR) is 87.1 cm³/mol. The molecule has 1 amide bonds. The molecule has 3 aromatic rings. The first-order valence-corrected chi connectivity index (χ1v) is 7.62. The maximum absolute atomic E-state index is 12.3. The molecule has 0 bridgehead atoms. The lowest BCUT2D eigenvalue weighted by atomic mass is 10.2. The number of carbonyl (C=O) groups excluding carboxylic acids is 1. The van der Waals surface area contributed by atoms with Gasteiger partial charge in [0, 0.05) is 11.5 Å². The average Bonchev–Trinajstić information content (AvgIpc) is 3.24. The number of hydrogen-bond acceptors (Lipinski definition) is 6. The van der Waals surface area contributed by atoms with Gasteiger partial charge in [0.1, 0.15) is 11.9 Å². The molecule has 9 nitrogen and oxygen atoms in total. The normalized spacial score (nSPS) is 12.3. The van der Waals surface area contributed by atoms with Crippen molar-refractivity contribution in [3.05, 3.63) is 36.2 Å². The fraction of sp³-hybridized carbons (Fsp3) is 0.333. The van der Waals surface area contributed by atoms with Crippen molar-refractivity contribution in [1.29, 1.82) is 0 Å². The van der Waals surface area contributed by atoms with Crippen LogP contribution < -0.4 is 5.32 Å². The van der Waals surface area contributed by atoms with Gasteiger partial charge in [-0.05, 0) is 12.1 Å². The Bertz CT molecular complexity index is 823. The van der Waals surface area contributed by atoms with Gasteiger partial charge < -0.3 is 0 Å². The molecule has 9 heteroatoms. The molecule has 1 atom stereocenters.